The van der Waals surface area contributed by atoms with Crippen molar-refractivity contribution < 1.29 is 19.0 Å². The predicted molar refractivity (Wildman–Crippen MR) is 94.3 cm³/mol. The molecule has 0 aliphatic rings. The second-order valence-electron chi connectivity index (χ2n) is 4.95. The summed E-state index contributed by atoms with van der Waals surface area (Å²) < 4.78 is 15.7. The number of ether oxygens (including phenoxy) is 3. The van der Waals surface area contributed by atoms with E-state index in [0.29, 0.717) is 35.2 Å². The minimum absolute atomic E-state index is 0.328. The Bertz CT molecular complexity index is 701. The van der Waals surface area contributed by atoms with Crippen LogP contribution >= 0.6 is 11.6 Å². The number of benzene rings is 2. The van der Waals surface area contributed by atoms with Crippen molar-refractivity contribution in [2.24, 2.45) is 0 Å². The molecule has 0 aromatic heterocycles. The van der Waals surface area contributed by atoms with Crippen molar-refractivity contribution in [2.75, 3.05) is 26.1 Å². The zero-order chi connectivity index (χ0) is 17.5. The second-order valence-corrected chi connectivity index (χ2v) is 5.39. The number of nitrogens with one attached hydrogen (secondary N) is 1. The first-order valence-corrected chi connectivity index (χ1v) is 7.88. The summed E-state index contributed by atoms with van der Waals surface area (Å²) in [7, 11) is 3.16. The van der Waals surface area contributed by atoms with Crippen molar-refractivity contribution in [1.82, 2.24) is 0 Å². The number of methoxy groups -OCH3 is 2. The molecule has 2 aromatic rings. The Labute approximate surface area is 146 Å². The summed E-state index contributed by atoms with van der Waals surface area (Å²) in [4.78, 5) is 11.6. The summed E-state index contributed by atoms with van der Waals surface area (Å²) in [5, 5.41) is 3.84. The van der Waals surface area contributed by atoms with Crippen LogP contribution in [0, 0.1) is 0 Å². The van der Waals surface area contributed by atoms with Gasteiger partial charge in [-0.15, -0.1) is 0 Å². The molecule has 24 heavy (non-hydrogen) atoms. The van der Waals surface area contributed by atoms with E-state index in [-0.39, 0.29) is 5.97 Å². The van der Waals surface area contributed by atoms with Gasteiger partial charge in [-0.2, -0.15) is 0 Å². The van der Waals surface area contributed by atoms with E-state index in [0.717, 1.165) is 11.3 Å². The number of rotatable bonds is 7. The summed E-state index contributed by atoms with van der Waals surface area (Å²) in [6, 6.07) is 10.6. The Kier molecular flexibility index (Phi) is 6.32. The fraction of sp³-hybridized carbons (Fsp3) is 0.278. The molecule has 0 fully saturated rings. The highest BCUT2D eigenvalue weighted by Crippen LogP contribution is 2.34. The maximum atomic E-state index is 11.6. The first-order chi connectivity index (χ1) is 11.6. The van der Waals surface area contributed by atoms with Crippen LogP contribution in [0.4, 0.5) is 5.69 Å². The highest BCUT2D eigenvalue weighted by molar-refractivity contribution is 6.30. The highest BCUT2D eigenvalue weighted by atomic mass is 35.5. The lowest BCUT2D eigenvalue weighted by atomic mass is 10.1. The van der Waals surface area contributed by atoms with Gasteiger partial charge in [0.15, 0.2) is 11.5 Å². The summed E-state index contributed by atoms with van der Waals surface area (Å²) >= 11 is 6.11. The molecule has 0 saturated carbocycles. The largest absolute Gasteiger partial charge is 0.493 e. The first kappa shape index (κ1) is 17.9. The van der Waals surface area contributed by atoms with Gasteiger partial charge in [0.25, 0.3) is 0 Å². The molecule has 2 rings (SSSR count). The maximum Gasteiger partial charge on any atom is 0.338 e. The zero-order valence-corrected chi connectivity index (χ0v) is 14.6. The van der Waals surface area contributed by atoms with E-state index < -0.39 is 0 Å². The van der Waals surface area contributed by atoms with Crippen LogP contribution < -0.4 is 14.8 Å². The molecule has 0 heterocycles. The van der Waals surface area contributed by atoms with Gasteiger partial charge in [0, 0.05) is 28.9 Å². The second kappa shape index (κ2) is 8.45. The lowest BCUT2D eigenvalue weighted by Gasteiger charge is -2.14. The number of hydrogen-bond acceptors (Lipinski definition) is 5. The van der Waals surface area contributed by atoms with E-state index in [2.05, 4.69) is 5.32 Å². The molecule has 0 spiro atoms. The molecule has 0 unspecified atom stereocenters. The molecule has 6 heteroatoms. The van der Waals surface area contributed by atoms with Crippen molar-refractivity contribution in [2.45, 2.75) is 13.5 Å². The Morgan fingerprint density at radius 1 is 1.12 bits per heavy atom. The molecule has 0 saturated heterocycles. The van der Waals surface area contributed by atoms with Crippen LogP contribution in [-0.2, 0) is 11.3 Å². The van der Waals surface area contributed by atoms with Crippen LogP contribution in [0.15, 0.2) is 36.4 Å². The summed E-state index contributed by atoms with van der Waals surface area (Å²) in [6.07, 6.45) is 0. The molecular formula is C18H20ClNO4. The smallest absolute Gasteiger partial charge is 0.338 e. The summed E-state index contributed by atoms with van der Waals surface area (Å²) in [5.74, 6) is 0.891. The normalized spacial score (nSPS) is 10.2. The SMILES string of the molecule is CCOC(=O)c1ccc(NCc2cc(Cl)cc(OC)c2OC)cc1. The van der Waals surface area contributed by atoms with Crippen molar-refractivity contribution in [3.8, 4) is 11.5 Å². The fourth-order valence-corrected chi connectivity index (χ4v) is 2.50. The number of carbonyl (C=O) groups excluding carboxylic acids is 1. The van der Waals surface area contributed by atoms with Gasteiger partial charge in [-0.25, -0.2) is 4.79 Å². The van der Waals surface area contributed by atoms with E-state index in [9.17, 15) is 4.79 Å². The molecular weight excluding hydrogens is 330 g/mol. The molecule has 5 nitrogen and oxygen atoms in total. The van der Waals surface area contributed by atoms with Gasteiger partial charge in [-0.1, -0.05) is 11.6 Å². The van der Waals surface area contributed by atoms with Gasteiger partial charge in [0.1, 0.15) is 0 Å². The number of carbonyl (C=O) groups is 1. The standard InChI is InChI=1S/C18H20ClNO4/c1-4-24-18(21)12-5-7-15(8-6-12)20-11-13-9-14(19)10-16(22-2)17(13)23-3/h5-10,20H,4,11H2,1-3H3. The Morgan fingerprint density at radius 2 is 1.83 bits per heavy atom. The molecule has 0 atom stereocenters. The maximum absolute atomic E-state index is 11.6. The van der Waals surface area contributed by atoms with E-state index in [4.69, 9.17) is 25.8 Å². The van der Waals surface area contributed by atoms with Crippen molar-refractivity contribution >= 4 is 23.3 Å². The van der Waals surface area contributed by atoms with E-state index in [1.165, 1.54) is 0 Å². The van der Waals surface area contributed by atoms with Crippen molar-refractivity contribution in [3.63, 3.8) is 0 Å². The van der Waals surface area contributed by atoms with Gasteiger partial charge in [-0.3, -0.25) is 0 Å². The van der Waals surface area contributed by atoms with Crippen LogP contribution in [0.5, 0.6) is 11.5 Å². The topological polar surface area (TPSA) is 56.8 Å². The predicted octanol–water partition coefficient (Wildman–Crippen LogP) is 4.15. The Hall–Kier alpha value is -2.40. The van der Waals surface area contributed by atoms with Crippen LogP contribution in [0.1, 0.15) is 22.8 Å². The molecule has 0 bridgehead atoms. The number of halogens is 1. The van der Waals surface area contributed by atoms with E-state index in [1.807, 2.05) is 18.2 Å². The Morgan fingerprint density at radius 3 is 2.42 bits per heavy atom. The van der Waals surface area contributed by atoms with E-state index >= 15 is 0 Å². The average Bonchev–Trinajstić information content (AvgIpc) is 2.60. The molecule has 0 radical (unpaired) electrons. The van der Waals surface area contributed by atoms with Gasteiger partial charge in [0.2, 0.25) is 0 Å². The molecule has 128 valence electrons. The van der Waals surface area contributed by atoms with Crippen molar-refractivity contribution in [1.29, 1.82) is 0 Å². The molecule has 0 amide bonds. The van der Waals surface area contributed by atoms with Crippen LogP contribution in [-0.4, -0.2) is 26.8 Å². The van der Waals surface area contributed by atoms with Gasteiger partial charge in [0.05, 0.1) is 26.4 Å². The van der Waals surface area contributed by atoms with Gasteiger partial charge >= 0.3 is 5.97 Å². The van der Waals surface area contributed by atoms with Crippen LogP contribution in [0.25, 0.3) is 0 Å². The monoisotopic (exact) mass is 349 g/mol. The third-order valence-electron chi connectivity index (χ3n) is 3.40. The number of hydrogen-bond donors (Lipinski definition) is 1. The average molecular weight is 350 g/mol. The third kappa shape index (κ3) is 4.32. The summed E-state index contributed by atoms with van der Waals surface area (Å²) in [5.41, 5.74) is 2.25. The molecule has 0 aliphatic heterocycles. The van der Waals surface area contributed by atoms with E-state index in [1.54, 1.807) is 39.3 Å². The minimum atomic E-state index is -0.328. The molecule has 0 aliphatic carbocycles. The third-order valence-corrected chi connectivity index (χ3v) is 3.62. The van der Waals surface area contributed by atoms with Gasteiger partial charge < -0.3 is 19.5 Å². The Balaban J connectivity index is 2.11. The van der Waals surface area contributed by atoms with Crippen LogP contribution in [0.2, 0.25) is 5.02 Å². The molecule has 2 aromatic carbocycles. The number of anilines is 1. The lowest BCUT2D eigenvalue weighted by Crippen LogP contribution is -2.06. The molecule has 1 N–H and O–H groups in total. The zero-order valence-electron chi connectivity index (χ0n) is 13.9. The quantitative estimate of drug-likeness (QED) is 0.761. The number of esters is 1. The van der Waals surface area contributed by atoms with Crippen LogP contribution in [0.3, 0.4) is 0 Å². The van der Waals surface area contributed by atoms with Gasteiger partial charge in [-0.05, 0) is 37.3 Å². The first-order valence-electron chi connectivity index (χ1n) is 7.50. The minimum Gasteiger partial charge on any atom is -0.493 e. The highest BCUT2D eigenvalue weighted by Gasteiger charge is 2.12. The lowest BCUT2D eigenvalue weighted by molar-refractivity contribution is 0.0526. The fourth-order valence-electron chi connectivity index (χ4n) is 2.27. The van der Waals surface area contributed by atoms with Crippen molar-refractivity contribution in [3.05, 3.63) is 52.5 Å². The summed E-state index contributed by atoms with van der Waals surface area (Å²) in [6.45, 7) is 2.63.